The van der Waals surface area contributed by atoms with Crippen molar-refractivity contribution in [2.24, 2.45) is 0 Å². The summed E-state index contributed by atoms with van der Waals surface area (Å²) >= 11 is 0. The van der Waals surface area contributed by atoms with Crippen LogP contribution in [0.3, 0.4) is 0 Å². The van der Waals surface area contributed by atoms with Crippen LogP contribution >= 0.6 is 0 Å². The van der Waals surface area contributed by atoms with Crippen LogP contribution in [0.2, 0.25) is 0 Å². The first-order valence-electron chi connectivity index (χ1n) is 10.1. The second-order valence-electron chi connectivity index (χ2n) is 7.28. The lowest BCUT2D eigenvalue weighted by Crippen LogP contribution is -2.33. The fourth-order valence-corrected chi connectivity index (χ4v) is 3.56. The van der Waals surface area contributed by atoms with E-state index in [-0.39, 0.29) is 5.91 Å². The van der Waals surface area contributed by atoms with Gasteiger partial charge in [-0.2, -0.15) is 5.10 Å². The van der Waals surface area contributed by atoms with Gasteiger partial charge in [-0.05, 0) is 68.4 Å². The Morgan fingerprint density at radius 3 is 2.66 bits per heavy atom. The van der Waals surface area contributed by atoms with Crippen molar-refractivity contribution in [3.05, 3.63) is 66.4 Å². The summed E-state index contributed by atoms with van der Waals surface area (Å²) in [4.78, 5) is 15.0. The molecule has 2 N–H and O–H groups in total. The second-order valence-corrected chi connectivity index (χ2v) is 7.28. The summed E-state index contributed by atoms with van der Waals surface area (Å²) in [6, 6.07) is 16.9. The number of hydrogen-bond donors (Lipinski definition) is 2. The van der Waals surface area contributed by atoms with Crippen LogP contribution in [0.4, 0.5) is 5.69 Å². The standard InChI is InChI=1S/C23H26N4O2/c28-23(25-20-6-4-5-19(17-20)22-11-12-24-26-22)18-7-9-21(10-8-18)29-16-15-27-13-2-1-3-14-27/h4-12,17H,1-3,13-16H2,(H,24,26)(H,25,28). The summed E-state index contributed by atoms with van der Waals surface area (Å²) in [6.07, 6.45) is 5.62. The Labute approximate surface area is 170 Å². The molecule has 2 heterocycles. The number of ether oxygens (including phenoxy) is 1. The molecular weight excluding hydrogens is 364 g/mol. The van der Waals surface area contributed by atoms with E-state index in [1.54, 1.807) is 18.3 Å². The van der Waals surface area contributed by atoms with E-state index in [9.17, 15) is 4.79 Å². The Morgan fingerprint density at radius 2 is 1.90 bits per heavy atom. The molecule has 1 amide bonds. The van der Waals surface area contributed by atoms with Gasteiger partial charge in [0.1, 0.15) is 12.4 Å². The van der Waals surface area contributed by atoms with Gasteiger partial charge in [-0.1, -0.05) is 18.6 Å². The molecular formula is C23H26N4O2. The molecule has 0 atom stereocenters. The maximum atomic E-state index is 12.6. The summed E-state index contributed by atoms with van der Waals surface area (Å²) in [5.41, 5.74) is 3.22. The molecule has 0 radical (unpaired) electrons. The van der Waals surface area contributed by atoms with Crippen LogP contribution in [-0.4, -0.2) is 47.2 Å². The Balaban J connectivity index is 1.30. The Morgan fingerprint density at radius 1 is 1.07 bits per heavy atom. The number of carbonyl (C=O) groups is 1. The van der Waals surface area contributed by atoms with Gasteiger partial charge < -0.3 is 10.1 Å². The third-order valence-electron chi connectivity index (χ3n) is 5.17. The van der Waals surface area contributed by atoms with Gasteiger partial charge in [0.05, 0.1) is 5.69 Å². The van der Waals surface area contributed by atoms with E-state index in [1.165, 1.54) is 32.4 Å². The molecule has 0 bridgehead atoms. The summed E-state index contributed by atoms with van der Waals surface area (Å²) in [7, 11) is 0. The fourth-order valence-electron chi connectivity index (χ4n) is 3.56. The van der Waals surface area contributed by atoms with Crippen LogP contribution in [0.5, 0.6) is 5.75 Å². The van der Waals surface area contributed by atoms with Crippen molar-refractivity contribution in [2.45, 2.75) is 19.3 Å². The quantitative estimate of drug-likeness (QED) is 0.634. The third kappa shape index (κ3) is 5.23. The number of carbonyl (C=O) groups excluding carboxylic acids is 1. The molecule has 0 unspecified atom stereocenters. The van der Waals surface area contributed by atoms with Gasteiger partial charge in [-0.3, -0.25) is 14.8 Å². The number of nitrogens with one attached hydrogen (secondary N) is 2. The predicted octanol–water partition coefficient (Wildman–Crippen LogP) is 4.19. The number of benzene rings is 2. The maximum Gasteiger partial charge on any atom is 0.255 e. The minimum atomic E-state index is -0.147. The minimum Gasteiger partial charge on any atom is -0.492 e. The van der Waals surface area contributed by atoms with E-state index in [1.807, 2.05) is 42.5 Å². The molecule has 1 saturated heterocycles. The third-order valence-corrected chi connectivity index (χ3v) is 5.17. The molecule has 29 heavy (non-hydrogen) atoms. The van der Waals surface area contributed by atoms with Gasteiger partial charge in [-0.25, -0.2) is 0 Å². The number of hydrogen-bond acceptors (Lipinski definition) is 4. The maximum absolute atomic E-state index is 12.6. The van der Waals surface area contributed by atoms with E-state index in [0.29, 0.717) is 12.2 Å². The monoisotopic (exact) mass is 390 g/mol. The average Bonchev–Trinajstić information content (AvgIpc) is 3.30. The highest BCUT2D eigenvalue weighted by molar-refractivity contribution is 6.04. The van der Waals surface area contributed by atoms with E-state index >= 15 is 0 Å². The van der Waals surface area contributed by atoms with Gasteiger partial charge in [-0.15, -0.1) is 0 Å². The summed E-state index contributed by atoms with van der Waals surface area (Å²) in [6.45, 7) is 3.97. The first kappa shape index (κ1) is 19.2. The number of amides is 1. The van der Waals surface area contributed by atoms with Crippen molar-refractivity contribution in [3.63, 3.8) is 0 Å². The molecule has 150 valence electrons. The topological polar surface area (TPSA) is 70.2 Å². The smallest absolute Gasteiger partial charge is 0.255 e. The van der Waals surface area contributed by atoms with Crippen LogP contribution in [0.1, 0.15) is 29.6 Å². The predicted molar refractivity (Wildman–Crippen MR) is 114 cm³/mol. The van der Waals surface area contributed by atoms with Crippen molar-refractivity contribution in [2.75, 3.05) is 31.6 Å². The average molecular weight is 390 g/mol. The SMILES string of the molecule is O=C(Nc1cccc(-c2ccn[nH]2)c1)c1ccc(OCCN2CCCCC2)cc1. The molecule has 1 fully saturated rings. The van der Waals surface area contributed by atoms with Gasteiger partial charge >= 0.3 is 0 Å². The number of aromatic nitrogens is 2. The van der Waals surface area contributed by atoms with Gasteiger partial charge in [0.2, 0.25) is 0 Å². The van der Waals surface area contributed by atoms with Crippen molar-refractivity contribution in [1.29, 1.82) is 0 Å². The lowest BCUT2D eigenvalue weighted by atomic mass is 10.1. The lowest BCUT2D eigenvalue weighted by Gasteiger charge is -2.26. The fraction of sp³-hybridized carbons (Fsp3) is 0.304. The van der Waals surface area contributed by atoms with Crippen LogP contribution in [0.25, 0.3) is 11.3 Å². The highest BCUT2D eigenvalue weighted by Gasteiger charge is 2.10. The zero-order valence-electron chi connectivity index (χ0n) is 16.4. The Bertz CT molecular complexity index is 916. The summed E-state index contributed by atoms with van der Waals surface area (Å²) in [5.74, 6) is 0.645. The molecule has 1 aromatic heterocycles. The Kier molecular flexibility index (Phi) is 6.22. The molecule has 0 saturated carbocycles. The van der Waals surface area contributed by atoms with Crippen molar-refractivity contribution >= 4 is 11.6 Å². The number of likely N-dealkylation sites (tertiary alicyclic amines) is 1. The normalized spacial score (nSPS) is 14.5. The van der Waals surface area contributed by atoms with E-state index in [2.05, 4.69) is 20.4 Å². The molecule has 0 spiro atoms. The highest BCUT2D eigenvalue weighted by atomic mass is 16.5. The van der Waals surface area contributed by atoms with Crippen LogP contribution in [0.15, 0.2) is 60.8 Å². The molecule has 0 aliphatic carbocycles. The number of anilines is 1. The molecule has 4 rings (SSSR count). The minimum absolute atomic E-state index is 0.147. The Hall–Kier alpha value is -3.12. The van der Waals surface area contributed by atoms with Gasteiger partial charge in [0.25, 0.3) is 5.91 Å². The van der Waals surface area contributed by atoms with E-state index in [4.69, 9.17) is 4.74 Å². The summed E-state index contributed by atoms with van der Waals surface area (Å²) < 4.78 is 5.84. The first-order valence-corrected chi connectivity index (χ1v) is 10.1. The molecule has 3 aromatic rings. The van der Waals surface area contributed by atoms with E-state index < -0.39 is 0 Å². The number of nitrogens with zero attached hydrogens (tertiary/aromatic N) is 2. The molecule has 2 aromatic carbocycles. The molecule has 6 nitrogen and oxygen atoms in total. The lowest BCUT2D eigenvalue weighted by molar-refractivity contribution is 0.102. The zero-order valence-corrected chi connectivity index (χ0v) is 16.4. The van der Waals surface area contributed by atoms with Crippen molar-refractivity contribution in [3.8, 4) is 17.0 Å². The van der Waals surface area contributed by atoms with Crippen LogP contribution < -0.4 is 10.1 Å². The largest absolute Gasteiger partial charge is 0.492 e. The number of H-pyrrole nitrogens is 1. The molecule has 1 aliphatic rings. The van der Waals surface area contributed by atoms with Crippen molar-refractivity contribution < 1.29 is 9.53 Å². The summed E-state index contributed by atoms with van der Waals surface area (Å²) in [5, 5.41) is 9.84. The number of piperidine rings is 1. The highest BCUT2D eigenvalue weighted by Crippen LogP contribution is 2.21. The molecule has 1 aliphatic heterocycles. The van der Waals surface area contributed by atoms with Crippen molar-refractivity contribution in [1.82, 2.24) is 15.1 Å². The van der Waals surface area contributed by atoms with E-state index in [0.717, 1.165) is 29.2 Å². The van der Waals surface area contributed by atoms with Gasteiger partial charge in [0.15, 0.2) is 0 Å². The van der Waals surface area contributed by atoms with Crippen LogP contribution in [-0.2, 0) is 0 Å². The number of aromatic amines is 1. The second kappa shape index (κ2) is 9.39. The first-order chi connectivity index (χ1) is 14.3. The van der Waals surface area contributed by atoms with Gasteiger partial charge in [0, 0.05) is 29.6 Å². The number of rotatable bonds is 7. The molecule has 6 heteroatoms. The van der Waals surface area contributed by atoms with Crippen LogP contribution in [0, 0.1) is 0 Å². The zero-order chi connectivity index (χ0) is 19.9.